The van der Waals surface area contributed by atoms with Gasteiger partial charge in [0.1, 0.15) is 11.3 Å². The smallest absolute Gasteiger partial charge is 0.374 e. The fraction of sp³-hybridized carbons (Fsp3) is 0.375. The molecule has 1 aliphatic heterocycles. The van der Waals surface area contributed by atoms with Crippen LogP contribution in [-0.2, 0) is 0 Å². The first-order chi connectivity index (χ1) is 10.5. The lowest BCUT2D eigenvalue weighted by Crippen LogP contribution is -2.46. The summed E-state index contributed by atoms with van der Waals surface area (Å²) in [4.78, 5) is 28.3. The Morgan fingerprint density at radius 2 is 1.91 bits per heavy atom. The standard InChI is InChI=1S/C16H18N2O4/c1-10-3-4-12-11(9-10)14(19)13(15(22-12)16(20)21)18-7-5-17(2)6-8-18/h3-4,9H,5-8H2,1-2H3,(H,20,21). The predicted octanol–water partition coefficient (Wildman–Crippen LogP) is 1.55. The average molecular weight is 302 g/mol. The molecule has 1 N–H and O–H groups in total. The van der Waals surface area contributed by atoms with Crippen LogP contribution in [0.15, 0.2) is 27.4 Å². The van der Waals surface area contributed by atoms with Crippen molar-refractivity contribution in [2.45, 2.75) is 6.92 Å². The van der Waals surface area contributed by atoms with Gasteiger partial charge in [-0.2, -0.15) is 0 Å². The molecule has 0 bridgehead atoms. The van der Waals surface area contributed by atoms with E-state index in [-0.39, 0.29) is 16.9 Å². The van der Waals surface area contributed by atoms with E-state index in [2.05, 4.69) is 4.90 Å². The second kappa shape index (κ2) is 5.46. The van der Waals surface area contributed by atoms with Gasteiger partial charge in [0.05, 0.1) is 5.39 Å². The average Bonchev–Trinajstić information content (AvgIpc) is 2.49. The lowest BCUT2D eigenvalue weighted by Gasteiger charge is -2.33. The zero-order chi connectivity index (χ0) is 15.9. The van der Waals surface area contributed by atoms with Gasteiger partial charge in [-0.05, 0) is 26.1 Å². The Labute approximate surface area is 127 Å². The molecular weight excluding hydrogens is 284 g/mol. The lowest BCUT2D eigenvalue weighted by atomic mass is 10.1. The van der Waals surface area contributed by atoms with Crippen molar-refractivity contribution in [3.8, 4) is 0 Å². The van der Waals surface area contributed by atoms with Crippen LogP contribution >= 0.6 is 0 Å². The van der Waals surface area contributed by atoms with Crippen molar-refractivity contribution in [1.82, 2.24) is 4.90 Å². The van der Waals surface area contributed by atoms with Crippen molar-refractivity contribution in [2.75, 3.05) is 38.1 Å². The summed E-state index contributed by atoms with van der Waals surface area (Å²) >= 11 is 0. The molecule has 1 aromatic carbocycles. The molecule has 2 heterocycles. The quantitative estimate of drug-likeness (QED) is 0.907. The largest absolute Gasteiger partial charge is 0.475 e. The number of carboxylic acids is 1. The number of likely N-dealkylation sites (N-methyl/N-ethyl adjacent to an activating group) is 1. The molecule has 0 amide bonds. The molecule has 0 unspecified atom stereocenters. The van der Waals surface area contributed by atoms with E-state index < -0.39 is 5.97 Å². The van der Waals surface area contributed by atoms with E-state index in [9.17, 15) is 14.7 Å². The highest BCUT2D eigenvalue weighted by Crippen LogP contribution is 2.24. The van der Waals surface area contributed by atoms with Crippen LogP contribution in [0.25, 0.3) is 11.0 Å². The summed E-state index contributed by atoms with van der Waals surface area (Å²) in [6.07, 6.45) is 0. The Morgan fingerprint density at radius 3 is 2.55 bits per heavy atom. The number of hydrogen-bond donors (Lipinski definition) is 1. The molecule has 0 atom stereocenters. The van der Waals surface area contributed by atoms with Crippen LogP contribution < -0.4 is 10.3 Å². The SMILES string of the molecule is Cc1ccc2oc(C(=O)O)c(N3CCN(C)CC3)c(=O)c2c1. The van der Waals surface area contributed by atoms with Crippen molar-refractivity contribution in [3.05, 3.63) is 39.7 Å². The maximum atomic E-state index is 12.8. The number of piperazine rings is 1. The Hall–Kier alpha value is -2.34. The van der Waals surface area contributed by atoms with E-state index in [0.717, 1.165) is 18.7 Å². The number of nitrogens with zero attached hydrogens (tertiary/aromatic N) is 2. The first-order valence-electron chi connectivity index (χ1n) is 7.21. The monoisotopic (exact) mass is 302 g/mol. The number of hydrogen-bond acceptors (Lipinski definition) is 5. The van der Waals surface area contributed by atoms with Gasteiger partial charge in [-0.1, -0.05) is 11.6 Å². The number of carboxylic acid groups (broad SMARTS) is 1. The van der Waals surface area contributed by atoms with Gasteiger partial charge in [-0.15, -0.1) is 0 Å². The normalized spacial score (nSPS) is 16.2. The minimum Gasteiger partial charge on any atom is -0.475 e. The predicted molar refractivity (Wildman–Crippen MR) is 83.9 cm³/mol. The number of aromatic carboxylic acids is 1. The maximum Gasteiger partial charge on any atom is 0.374 e. The molecule has 1 fully saturated rings. The molecule has 3 rings (SSSR count). The molecule has 2 aromatic rings. The van der Waals surface area contributed by atoms with Gasteiger partial charge in [0, 0.05) is 26.2 Å². The molecule has 1 aliphatic rings. The van der Waals surface area contributed by atoms with Gasteiger partial charge in [0.25, 0.3) is 0 Å². The molecule has 0 spiro atoms. The summed E-state index contributed by atoms with van der Waals surface area (Å²) in [5.74, 6) is -1.49. The van der Waals surface area contributed by atoms with Crippen LogP contribution in [0.1, 0.15) is 16.1 Å². The highest BCUT2D eigenvalue weighted by Gasteiger charge is 2.26. The van der Waals surface area contributed by atoms with Gasteiger partial charge >= 0.3 is 5.97 Å². The molecule has 1 saturated heterocycles. The van der Waals surface area contributed by atoms with E-state index in [1.165, 1.54) is 0 Å². The molecule has 6 heteroatoms. The second-order valence-corrected chi connectivity index (χ2v) is 5.70. The van der Waals surface area contributed by atoms with Gasteiger partial charge in [0.2, 0.25) is 11.2 Å². The fourth-order valence-corrected chi connectivity index (χ4v) is 2.76. The summed E-state index contributed by atoms with van der Waals surface area (Å²) in [6, 6.07) is 5.19. The summed E-state index contributed by atoms with van der Waals surface area (Å²) in [6.45, 7) is 4.67. The summed E-state index contributed by atoms with van der Waals surface area (Å²) in [5.41, 5.74) is 1.14. The first kappa shape index (κ1) is 14.6. The van der Waals surface area contributed by atoms with Crippen LogP contribution in [0.4, 0.5) is 5.69 Å². The van der Waals surface area contributed by atoms with Gasteiger partial charge in [0.15, 0.2) is 0 Å². The number of anilines is 1. The molecule has 22 heavy (non-hydrogen) atoms. The van der Waals surface area contributed by atoms with Gasteiger partial charge in [-0.25, -0.2) is 4.79 Å². The van der Waals surface area contributed by atoms with E-state index in [1.807, 2.05) is 18.9 Å². The molecular formula is C16H18N2O4. The van der Waals surface area contributed by atoms with E-state index in [4.69, 9.17) is 4.42 Å². The highest BCUT2D eigenvalue weighted by atomic mass is 16.4. The minimum atomic E-state index is -1.21. The van der Waals surface area contributed by atoms with Crippen LogP contribution in [-0.4, -0.2) is 49.2 Å². The van der Waals surface area contributed by atoms with Crippen LogP contribution in [0.3, 0.4) is 0 Å². The first-order valence-corrected chi connectivity index (χ1v) is 7.21. The maximum absolute atomic E-state index is 12.8. The highest BCUT2D eigenvalue weighted by molar-refractivity contribution is 5.95. The van der Waals surface area contributed by atoms with E-state index in [1.54, 1.807) is 18.2 Å². The van der Waals surface area contributed by atoms with Crippen molar-refractivity contribution in [3.63, 3.8) is 0 Å². The molecule has 0 aliphatic carbocycles. The van der Waals surface area contributed by atoms with Crippen LogP contribution in [0.5, 0.6) is 0 Å². The molecule has 0 radical (unpaired) electrons. The summed E-state index contributed by atoms with van der Waals surface area (Å²) in [5, 5.41) is 9.85. The van der Waals surface area contributed by atoms with E-state index in [0.29, 0.717) is 24.1 Å². The third-order valence-corrected chi connectivity index (χ3v) is 4.04. The Kier molecular flexibility index (Phi) is 3.62. The molecule has 1 aromatic heterocycles. The zero-order valence-corrected chi connectivity index (χ0v) is 12.6. The third kappa shape index (κ3) is 2.46. The van der Waals surface area contributed by atoms with E-state index >= 15 is 0 Å². The summed E-state index contributed by atoms with van der Waals surface area (Å²) in [7, 11) is 2.00. The number of carbonyl (C=O) groups is 1. The van der Waals surface area contributed by atoms with Crippen molar-refractivity contribution in [2.24, 2.45) is 0 Å². The Bertz CT molecular complexity index is 789. The van der Waals surface area contributed by atoms with Gasteiger partial charge in [-0.3, -0.25) is 4.79 Å². The Balaban J connectivity index is 2.22. The van der Waals surface area contributed by atoms with Gasteiger partial charge < -0.3 is 19.3 Å². The topological polar surface area (TPSA) is 74.0 Å². The molecule has 6 nitrogen and oxygen atoms in total. The molecule has 0 saturated carbocycles. The van der Waals surface area contributed by atoms with Crippen LogP contribution in [0, 0.1) is 6.92 Å². The number of fused-ring (bicyclic) bond motifs is 1. The number of rotatable bonds is 2. The fourth-order valence-electron chi connectivity index (χ4n) is 2.76. The lowest BCUT2D eigenvalue weighted by molar-refractivity contribution is 0.0664. The Morgan fingerprint density at radius 1 is 1.23 bits per heavy atom. The van der Waals surface area contributed by atoms with Crippen LogP contribution in [0.2, 0.25) is 0 Å². The number of aryl methyl sites for hydroxylation is 1. The second-order valence-electron chi connectivity index (χ2n) is 5.70. The van der Waals surface area contributed by atoms with Crippen molar-refractivity contribution < 1.29 is 14.3 Å². The van der Waals surface area contributed by atoms with Crippen molar-refractivity contribution >= 4 is 22.6 Å². The zero-order valence-electron chi connectivity index (χ0n) is 12.6. The van der Waals surface area contributed by atoms with Crippen molar-refractivity contribution in [1.29, 1.82) is 0 Å². The minimum absolute atomic E-state index is 0.165. The summed E-state index contributed by atoms with van der Waals surface area (Å²) < 4.78 is 5.52. The molecule has 116 valence electrons. The third-order valence-electron chi connectivity index (χ3n) is 4.04. The number of benzene rings is 1.